The molecule has 1 saturated heterocycles. The highest BCUT2D eigenvalue weighted by Crippen LogP contribution is 2.29. The molecule has 0 atom stereocenters. The second-order valence-corrected chi connectivity index (χ2v) is 10.2. The Labute approximate surface area is 193 Å². The Bertz CT molecular complexity index is 1300. The number of sulfonamides is 1. The van der Waals surface area contributed by atoms with Crippen LogP contribution in [0.25, 0.3) is 11.3 Å². The standard InChI is InChI=1S/C21H21FN4O5S2/c1-13(27)23-14-5-6-15(16(22)11-14)17-12-32-21(24-17)25-20(28)18-7-8-19(31-18)33(29,30)26-9-3-2-4-10-26/h5-8,11-12H,2-4,9-10H2,1H3,(H,23,27)(H,24,25,28). The first-order chi connectivity index (χ1) is 15.7. The molecule has 2 N–H and O–H groups in total. The van der Waals surface area contributed by atoms with Gasteiger partial charge in [0, 0.05) is 36.6 Å². The lowest BCUT2D eigenvalue weighted by Crippen LogP contribution is -2.35. The van der Waals surface area contributed by atoms with Gasteiger partial charge in [-0.3, -0.25) is 14.9 Å². The third kappa shape index (κ3) is 5.13. The number of hydrogen-bond donors (Lipinski definition) is 2. The summed E-state index contributed by atoms with van der Waals surface area (Å²) in [6.07, 6.45) is 2.56. The minimum Gasteiger partial charge on any atom is -0.438 e. The highest BCUT2D eigenvalue weighted by atomic mass is 32.2. The van der Waals surface area contributed by atoms with Crippen molar-refractivity contribution in [3.05, 3.63) is 47.3 Å². The summed E-state index contributed by atoms with van der Waals surface area (Å²) in [5.41, 5.74) is 0.824. The van der Waals surface area contributed by atoms with E-state index in [1.54, 1.807) is 11.4 Å². The predicted molar refractivity (Wildman–Crippen MR) is 121 cm³/mol. The number of rotatable bonds is 6. The van der Waals surface area contributed by atoms with Gasteiger partial charge in [0.2, 0.25) is 11.0 Å². The van der Waals surface area contributed by atoms with Crippen LogP contribution >= 0.6 is 11.3 Å². The predicted octanol–water partition coefficient (Wildman–Crippen LogP) is 3.93. The monoisotopic (exact) mass is 492 g/mol. The topological polar surface area (TPSA) is 122 Å². The number of hydrogen-bond acceptors (Lipinski definition) is 7. The summed E-state index contributed by atoms with van der Waals surface area (Å²) in [5.74, 6) is -1.74. The highest BCUT2D eigenvalue weighted by Gasteiger charge is 2.29. The summed E-state index contributed by atoms with van der Waals surface area (Å²) in [6.45, 7) is 2.18. The van der Waals surface area contributed by atoms with E-state index in [-0.39, 0.29) is 27.5 Å². The van der Waals surface area contributed by atoms with E-state index in [0.717, 1.165) is 30.6 Å². The zero-order valence-corrected chi connectivity index (χ0v) is 19.3. The van der Waals surface area contributed by atoms with Crippen molar-refractivity contribution in [1.29, 1.82) is 0 Å². The molecule has 2 aromatic heterocycles. The number of thiazole rings is 1. The van der Waals surface area contributed by atoms with Crippen LogP contribution in [0.5, 0.6) is 0 Å². The maximum Gasteiger partial charge on any atom is 0.293 e. The highest BCUT2D eigenvalue weighted by molar-refractivity contribution is 7.89. The molecule has 174 valence electrons. The van der Waals surface area contributed by atoms with E-state index in [2.05, 4.69) is 15.6 Å². The van der Waals surface area contributed by atoms with E-state index in [1.807, 2.05) is 0 Å². The van der Waals surface area contributed by atoms with Crippen molar-refractivity contribution >= 4 is 44.0 Å². The first-order valence-corrected chi connectivity index (χ1v) is 12.5. The van der Waals surface area contributed by atoms with E-state index < -0.39 is 21.7 Å². The quantitative estimate of drug-likeness (QED) is 0.538. The van der Waals surface area contributed by atoms with Gasteiger partial charge in [0.15, 0.2) is 10.9 Å². The molecule has 0 bridgehead atoms. The Morgan fingerprint density at radius 1 is 1.12 bits per heavy atom. The van der Waals surface area contributed by atoms with Gasteiger partial charge < -0.3 is 9.73 Å². The molecule has 1 aliphatic heterocycles. The zero-order chi connectivity index (χ0) is 23.6. The largest absolute Gasteiger partial charge is 0.438 e. The van der Waals surface area contributed by atoms with Crippen LogP contribution in [-0.2, 0) is 14.8 Å². The number of halogens is 1. The van der Waals surface area contributed by atoms with Gasteiger partial charge in [-0.15, -0.1) is 11.3 Å². The summed E-state index contributed by atoms with van der Waals surface area (Å²) < 4.78 is 46.5. The Morgan fingerprint density at radius 3 is 2.58 bits per heavy atom. The van der Waals surface area contributed by atoms with E-state index in [9.17, 15) is 22.4 Å². The van der Waals surface area contributed by atoms with Crippen molar-refractivity contribution in [3.63, 3.8) is 0 Å². The summed E-state index contributed by atoms with van der Waals surface area (Å²) in [7, 11) is -3.79. The van der Waals surface area contributed by atoms with Crippen LogP contribution in [0.15, 0.2) is 45.2 Å². The van der Waals surface area contributed by atoms with Crippen molar-refractivity contribution in [2.45, 2.75) is 31.3 Å². The summed E-state index contributed by atoms with van der Waals surface area (Å²) in [6, 6.07) is 6.76. The molecule has 2 amide bonds. The molecule has 0 aliphatic carbocycles. The number of furan rings is 1. The number of anilines is 2. The summed E-state index contributed by atoms with van der Waals surface area (Å²) >= 11 is 1.08. The average Bonchev–Trinajstić information content (AvgIpc) is 3.44. The molecule has 9 nitrogen and oxygen atoms in total. The van der Waals surface area contributed by atoms with Gasteiger partial charge in [-0.1, -0.05) is 6.42 Å². The van der Waals surface area contributed by atoms with Crippen molar-refractivity contribution in [3.8, 4) is 11.3 Å². The lowest BCUT2D eigenvalue weighted by Gasteiger charge is -2.24. The smallest absolute Gasteiger partial charge is 0.293 e. The third-order valence-corrected chi connectivity index (χ3v) is 7.53. The van der Waals surface area contributed by atoms with Crippen molar-refractivity contribution < 1.29 is 26.8 Å². The fourth-order valence-electron chi connectivity index (χ4n) is 3.43. The number of amides is 2. The van der Waals surface area contributed by atoms with Crippen LogP contribution in [0, 0.1) is 5.82 Å². The van der Waals surface area contributed by atoms with E-state index in [0.29, 0.717) is 24.5 Å². The Balaban J connectivity index is 1.46. The molecule has 33 heavy (non-hydrogen) atoms. The van der Waals surface area contributed by atoms with Crippen LogP contribution in [0.1, 0.15) is 36.7 Å². The minimum absolute atomic E-state index is 0.173. The van der Waals surface area contributed by atoms with Crippen molar-refractivity contribution in [1.82, 2.24) is 9.29 Å². The van der Waals surface area contributed by atoms with Gasteiger partial charge in [0.1, 0.15) is 5.82 Å². The number of benzene rings is 1. The summed E-state index contributed by atoms with van der Waals surface area (Å²) in [4.78, 5) is 27.9. The lowest BCUT2D eigenvalue weighted by atomic mass is 10.1. The third-order valence-electron chi connectivity index (χ3n) is 5.00. The van der Waals surface area contributed by atoms with E-state index in [1.165, 1.54) is 35.5 Å². The fourth-order valence-corrected chi connectivity index (χ4v) is 5.56. The van der Waals surface area contributed by atoms with Crippen LogP contribution in [0.3, 0.4) is 0 Å². The maximum absolute atomic E-state index is 14.4. The maximum atomic E-state index is 14.4. The van der Waals surface area contributed by atoms with Gasteiger partial charge in [-0.05, 0) is 43.2 Å². The normalized spacial score (nSPS) is 14.7. The molecule has 3 heterocycles. The SMILES string of the molecule is CC(=O)Nc1ccc(-c2csc(NC(=O)c3ccc(S(=O)(=O)N4CCCCC4)o3)n2)c(F)c1. The van der Waals surface area contributed by atoms with Gasteiger partial charge >= 0.3 is 0 Å². The lowest BCUT2D eigenvalue weighted by molar-refractivity contribution is -0.114. The minimum atomic E-state index is -3.79. The molecule has 4 rings (SSSR count). The second-order valence-electron chi connectivity index (χ2n) is 7.45. The Hall–Kier alpha value is -3.09. The molecular weight excluding hydrogens is 471 g/mol. The molecule has 0 saturated carbocycles. The number of piperidine rings is 1. The van der Waals surface area contributed by atoms with E-state index in [4.69, 9.17) is 4.42 Å². The molecular formula is C21H21FN4O5S2. The number of carbonyl (C=O) groups is 2. The van der Waals surface area contributed by atoms with Crippen molar-refractivity contribution in [2.75, 3.05) is 23.7 Å². The zero-order valence-electron chi connectivity index (χ0n) is 17.6. The van der Waals surface area contributed by atoms with Gasteiger partial charge in [0.25, 0.3) is 15.9 Å². The first kappa shape index (κ1) is 23.1. The number of aromatic nitrogens is 1. The first-order valence-electron chi connectivity index (χ1n) is 10.2. The molecule has 3 aromatic rings. The number of nitrogens with one attached hydrogen (secondary N) is 2. The molecule has 1 aliphatic rings. The van der Waals surface area contributed by atoms with Gasteiger partial charge in [0.05, 0.1) is 5.69 Å². The second kappa shape index (κ2) is 9.41. The van der Waals surface area contributed by atoms with Crippen LogP contribution < -0.4 is 10.6 Å². The van der Waals surface area contributed by atoms with Crippen LogP contribution in [0.2, 0.25) is 0 Å². The molecule has 0 radical (unpaired) electrons. The van der Waals surface area contributed by atoms with Crippen molar-refractivity contribution in [2.24, 2.45) is 0 Å². The Kier molecular flexibility index (Phi) is 6.58. The van der Waals surface area contributed by atoms with Gasteiger partial charge in [-0.2, -0.15) is 4.31 Å². The molecule has 1 fully saturated rings. The Morgan fingerprint density at radius 2 is 1.88 bits per heavy atom. The average molecular weight is 493 g/mol. The van der Waals surface area contributed by atoms with Gasteiger partial charge in [-0.25, -0.2) is 17.8 Å². The van der Waals surface area contributed by atoms with E-state index >= 15 is 0 Å². The molecule has 0 spiro atoms. The molecule has 1 aromatic carbocycles. The van der Waals surface area contributed by atoms with Crippen LogP contribution in [-0.4, -0.2) is 42.6 Å². The summed E-state index contributed by atoms with van der Waals surface area (Å²) in [5, 5.41) is 6.51. The molecule has 12 heteroatoms. The number of carbonyl (C=O) groups excluding carboxylic acids is 2. The molecule has 0 unspecified atom stereocenters. The van der Waals surface area contributed by atoms with Crippen LogP contribution in [0.4, 0.5) is 15.2 Å². The number of nitrogens with zero attached hydrogens (tertiary/aromatic N) is 2. The fraction of sp³-hybridized carbons (Fsp3) is 0.286.